The lowest BCUT2D eigenvalue weighted by atomic mass is 9.88. The molecule has 0 aliphatic carbocycles. The highest BCUT2D eigenvalue weighted by molar-refractivity contribution is 5.89. The number of benzene rings is 3. The third kappa shape index (κ3) is 10.4. The van der Waals surface area contributed by atoms with Gasteiger partial charge < -0.3 is 19.9 Å². The first kappa shape index (κ1) is 35.6. The van der Waals surface area contributed by atoms with Gasteiger partial charge in [0.25, 0.3) is 0 Å². The number of amides is 2. The molecule has 0 radical (unpaired) electrons. The monoisotopic (exact) mass is 653 g/mol. The van der Waals surface area contributed by atoms with Crippen LogP contribution in [0.25, 0.3) is 21.9 Å². The van der Waals surface area contributed by atoms with Crippen LogP contribution in [0, 0.1) is 6.92 Å². The number of hydrogen-bond donors (Lipinski definition) is 2. The van der Waals surface area contributed by atoms with Crippen LogP contribution in [0.5, 0.6) is 5.75 Å². The number of carbonyl (C=O) groups is 4. The highest BCUT2D eigenvalue weighted by Crippen LogP contribution is 2.31. The largest absolute Gasteiger partial charge is 0.508 e. The van der Waals surface area contributed by atoms with Gasteiger partial charge in [-0.05, 0) is 97.5 Å². The maximum atomic E-state index is 13.1. The number of nitrogens with one attached hydrogen (secondary N) is 1. The van der Waals surface area contributed by atoms with Crippen molar-refractivity contribution in [3.05, 3.63) is 90.1 Å². The molecule has 0 spiro atoms. The molecule has 0 saturated heterocycles. The number of nitrogens with zero attached hydrogens (tertiary/aromatic N) is 2. The second kappa shape index (κ2) is 16.0. The maximum Gasteiger partial charge on any atom is 0.416 e. The van der Waals surface area contributed by atoms with Crippen molar-refractivity contribution >= 4 is 40.3 Å². The number of hydrogen-bond acceptors (Lipinski definition) is 8. The van der Waals surface area contributed by atoms with E-state index in [1.807, 2.05) is 61.5 Å². The molecule has 4 rings (SSSR count). The Morgan fingerprint density at radius 2 is 1.65 bits per heavy atom. The number of anilines is 1. The van der Waals surface area contributed by atoms with Gasteiger partial charge in [-0.2, -0.15) is 0 Å². The molecule has 3 aromatic carbocycles. The number of aromatic hydroxyl groups is 1. The standard InChI is InChI=1S/C38H43N3O7/c1-25-15-16-39-34(18-25)41(37(46)48-38(2,3)4)17-7-10-35(44)40-24-33(43)22-31(23-36(45)47-5)27-9-6-8-26(19-27)28-11-12-30-21-32(42)14-13-29(30)20-28/h6,8-9,11-16,18-21,31,42H,7,10,17,22-24H2,1-5H3,(H,40,44)/t31-/m0/s1. The van der Waals surface area contributed by atoms with Gasteiger partial charge in [0.15, 0.2) is 5.78 Å². The quantitative estimate of drug-likeness (QED) is 0.150. The minimum absolute atomic E-state index is 0.00410. The maximum absolute atomic E-state index is 13.1. The minimum Gasteiger partial charge on any atom is -0.508 e. The Morgan fingerprint density at radius 3 is 2.38 bits per heavy atom. The highest BCUT2D eigenvalue weighted by Gasteiger charge is 2.25. The topological polar surface area (TPSA) is 135 Å². The lowest BCUT2D eigenvalue weighted by Gasteiger charge is -2.27. The van der Waals surface area contributed by atoms with Gasteiger partial charge in [0.2, 0.25) is 5.91 Å². The summed E-state index contributed by atoms with van der Waals surface area (Å²) in [6.07, 6.45) is 1.49. The summed E-state index contributed by atoms with van der Waals surface area (Å²) in [6, 6.07) is 22.4. The van der Waals surface area contributed by atoms with E-state index >= 15 is 0 Å². The fourth-order valence-corrected chi connectivity index (χ4v) is 5.29. The van der Waals surface area contributed by atoms with Crippen molar-refractivity contribution < 1.29 is 33.8 Å². The van der Waals surface area contributed by atoms with E-state index in [-0.39, 0.29) is 49.8 Å². The van der Waals surface area contributed by atoms with Gasteiger partial charge >= 0.3 is 12.1 Å². The van der Waals surface area contributed by atoms with E-state index in [2.05, 4.69) is 10.3 Å². The molecule has 4 aromatic rings. The normalized spacial score (nSPS) is 11.9. The molecule has 252 valence electrons. The third-order valence-corrected chi connectivity index (χ3v) is 7.69. The van der Waals surface area contributed by atoms with Gasteiger partial charge in [-0.3, -0.25) is 19.3 Å². The predicted molar refractivity (Wildman–Crippen MR) is 185 cm³/mol. The summed E-state index contributed by atoms with van der Waals surface area (Å²) in [5, 5.41) is 14.4. The lowest BCUT2D eigenvalue weighted by molar-refractivity contribution is -0.141. The first-order chi connectivity index (χ1) is 22.8. The Balaban J connectivity index is 1.37. The molecule has 2 N–H and O–H groups in total. The van der Waals surface area contributed by atoms with Crippen LogP contribution in [0.3, 0.4) is 0 Å². The van der Waals surface area contributed by atoms with Crippen molar-refractivity contribution in [1.29, 1.82) is 0 Å². The average Bonchev–Trinajstić information content (AvgIpc) is 3.04. The third-order valence-electron chi connectivity index (χ3n) is 7.69. The summed E-state index contributed by atoms with van der Waals surface area (Å²) in [5.41, 5.74) is 2.90. The van der Waals surface area contributed by atoms with Crippen molar-refractivity contribution in [1.82, 2.24) is 10.3 Å². The Bertz CT molecular complexity index is 1780. The number of methoxy groups -OCH3 is 1. The van der Waals surface area contributed by atoms with E-state index in [0.29, 0.717) is 12.2 Å². The number of ketones is 1. The van der Waals surface area contributed by atoms with E-state index in [9.17, 15) is 24.3 Å². The molecule has 0 aliphatic heterocycles. The van der Waals surface area contributed by atoms with Crippen LogP contribution in [-0.2, 0) is 23.9 Å². The molecule has 0 bridgehead atoms. The molecular formula is C38H43N3O7. The molecular weight excluding hydrogens is 610 g/mol. The molecule has 0 aliphatic rings. The van der Waals surface area contributed by atoms with Crippen LogP contribution < -0.4 is 10.2 Å². The Morgan fingerprint density at radius 1 is 0.917 bits per heavy atom. The van der Waals surface area contributed by atoms with Crippen LogP contribution >= 0.6 is 0 Å². The molecule has 10 nitrogen and oxygen atoms in total. The first-order valence-corrected chi connectivity index (χ1v) is 15.9. The Kier molecular flexibility index (Phi) is 11.9. The van der Waals surface area contributed by atoms with E-state index < -0.39 is 23.6 Å². The van der Waals surface area contributed by atoms with Crippen LogP contribution in [0.4, 0.5) is 10.6 Å². The molecule has 0 unspecified atom stereocenters. The van der Waals surface area contributed by atoms with Gasteiger partial charge in [-0.15, -0.1) is 0 Å². The fraction of sp³-hybridized carbons (Fsp3) is 0.342. The predicted octanol–water partition coefficient (Wildman–Crippen LogP) is 6.86. The van der Waals surface area contributed by atoms with Gasteiger partial charge in [-0.25, -0.2) is 9.78 Å². The van der Waals surface area contributed by atoms with Gasteiger partial charge in [-0.1, -0.05) is 42.5 Å². The van der Waals surface area contributed by atoms with Gasteiger partial charge in [0.05, 0.1) is 20.1 Å². The summed E-state index contributed by atoms with van der Waals surface area (Å²) in [6.45, 7) is 7.24. The molecule has 2 amide bonds. The number of pyridine rings is 1. The zero-order chi connectivity index (χ0) is 34.8. The number of carbonyl (C=O) groups excluding carboxylic acids is 4. The van der Waals surface area contributed by atoms with Gasteiger partial charge in [0.1, 0.15) is 17.2 Å². The number of esters is 1. The summed E-state index contributed by atoms with van der Waals surface area (Å²) < 4.78 is 10.5. The Labute approximate surface area is 281 Å². The van der Waals surface area contributed by atoms with Crippen LogP contribution in [-0.4, -0.2) is 59.6 Å². The molecule has 0 saturated carbocycles. The number of Topliss-reactive ketones (excluding diaryl/α,β-unsaturated/α-hetero) is 1. The summed E-state index contributed by atoms with van der Waals surface area (Å²) in [7, 11) is 1.31. The zero-order valence-corrected chi connectivity index (χ0v) is 28.1. The number of rotatable bonds is 13. The van der Waals surface area contributed by atoms with Crippen LogP contribution in [0.2, 0.25) is 0 Å². The molecule has 1 heterocycles. The SMILES string of the molecule is COC(=O)C[C@H](CC(=O)CNC(=O)CCCN(C(=O)OC(C)(C)C)c1cc(C)ccn1)c1cccc(-c2ccc3cc(O)ccc3c2)c1. The van der Waals surface area contributed by atoms with Crippen molar-refractivity contribution in [2.45, 2.75) is 64.9 Å². The van der Waals surface area contributed by atoms with Crippen molar-refractivity contribution in [2.75, 3.05) is 25.1 Å². The minimum atomic E-state index is -0.702. The summed E-state index contributed by atoms with van der Waals surface area (Å²) >= 11 is 0. The first-order valence-electron chi connectivity index (χ1n) is 15.9. The molecule has 10 heteroatoms. The summed E-state index contributed by atoms with van der Waals surface area (Å²) in [5.74, 6) is -0.826. The lowest BCUT2D eigenvalue weighted by Crippen LogP contribution is -2.38. The van der Waals surface area contributed by atoms with Crippen LogP contribution in [0.1, 0.15) is 63.5 Å². The molecule has 0 fully saturated rings. The second-order valence-corrected chi connectivity index (χ2v) is 12.8. The Hall–Kier alpha value is -5.25. The van der Waals surface area contributed by atoms with Crippen molar-refractivity contribution in [3.8, 4) is 16.9 Å². The van der Waals surface area contributed by atoms with Crippen LogP contribution in [0.15, 0.2) is 79.0 Å². The van der Waals surface area contributed by atoms with Crippen molar-refractivity contribution in [2.24, 2.45) is 0 Å². The number of phenols is 1. The average molecular weight is 654 g/mol. The van der Waals surface area contributed by atoms with E-state index in [1.165, 1.54) is 12.0 Å². The summed E-state index contributed by atoms with van der Waals surface area (Å²) in [4.78, 5) is 56.8. The fourth-order valence-electron chi connectivity index (χ4n) is 5.29. The number of aromatic nitrogens is 1. The van der Waals surface area contributed by atoms with E-state index in [1.54, 1.807) is 45.2 Å². The smallest absolute Gasteiger partial charge is 0.416 e. The molecule has 48 heavy (non-hydrogen) atoms. The highest BCUT2D eigenvalue weighted by atomic mass is 16.6. The zero-order valence-electron chi connectivity index (χ0n) is 28.1. The van der Waals surface area contributed by atoms with Crippen molar-refractivity contribution in [3.63, 3.8) is 0 Å². The van der Waals surface area contributed by atoms with E-state index in [4.69, 9.17) is 9.47 Å². The second-order valence-electron chi connectivity index (χ2n) is 12.8. The number of aryl methyl sites for hydroxylation is 1. The number of phenolic OH excluding ortho intramolecular Hbond substituents is 1. The molecule has 1 aromatic heterocycles. The molecule has 1 atom stereocenters. The number of ether oxygens (including phenoxy) is 2. The number of fused-ring (bicyclic) bond motifs is 1. The van der Waals surface area contributed by atoms with Gasteiger partial charge in [0, 0.05) is 31.5 Å². The van der Waals surface area contributed by atoms with E-state index in [0.717, 1.165) is 33.0 Å².